The molecule has 0 aliphatic carbocycles. The number of nitrogens with zero attached hydrogens (tertiary/aromatic N) is 2. The molecule has 1 spiro atoms. The third-order valence-electron chi connectivity index (χ3n) is 7.22. The van der Waals surface area contributed by atoms with Crippen molar-refractivity contribution in [3.63, 3.8) is 0 Å². The summed E-state index contributed by atoms with van der Waals surface area (Å²) in [6.45, 7) is 1.57. The first-order valence-electron chi connectivity index (χ1n) is 11.8. The summed E-state index contributed by atoms with van der Waals surface area (Å²) >= 11 is 0. The molecule has 0 bridgehead atoms. The van der Waals surface area contributed by atoms with Crippen LogP contribution in [0.25, 0.3) is 5.57 Å². The zero-order chi connectivity index (χ0) is 25.9. The maximum Gasteiger partial charge on any atom is 0.337 e. The van der Waals surface area contributed by atoms with Gasteiger partial charge < -0.3 is 30.4 Å². The van der Waals surface area contributed by atoms with Crippen LogP contribution in [-0.2, 0) is 9.53 Å². The van der Waals surface area contributed by atoms with E-state index in [4.69, 9.17) is 20.6 Å². The molecule has 3 N–H and O–H groups in total. The molecular weight excluding hydrogens is 460 g/mol. The van der Waals surface area contributed by atoms with Gasteiger partial charge in [-0.15, -0.1) is 0 Å². The summed E-state index contributed by atoms with van der Waals surface area (Å²) in [5, 5.41) is 7.55. The van der Waals surface area contributed by atoms with Crippen LogP contribution in [0.2, 0.25) is 0 Å². The van der Waals surface area contributed by atoms with Crippen molar-refractivity contribution in [1.29, 1.82) is 5.41 Å². The number of nitrogens with two attached hydrogens (primary N) is 1. The highest BCUT2D eigenvalue weighted by molar-refractivity contribution is 6.09. The standard InChI is InChI=1S/C27H30N4O5/c1-35-23-15-21(7-8-22(23)20(16-28)17-29)31-14-11-27(26(31)34)9-12-30(13-10-27)24(32)18-3-5-19(6-4-18)25(33)36-2/h3-8,15-17,28H,9-14,29H2,1-2H3/b20-17+,28-16?. The van der Waals surface area contributed by atoms with E-state index in [-0.39, 0.29) is 11.8 Å². The number of carbonyl (C=O) groups excluding carboxylic acids is 3. The number of hydrogen-bond donors (Lipinski definition) is 2. The minimum absolute atomic E-state index is 0.0634. The largest absolute Gasteiger partial charge is 0.496 e. The Balaban J connectivity index is 1.44. The Labute approximate surface area is 210 Å². The van der Waals surface area contributed by atoms with Gasteiger partial charge in [-0.05, 0) is 55.7 Å². The molecule has 2 aliphatic rings. The number of anilines is 1. The van der Waals surface area contributed by atoms with Crippen molar-refractivity contribution >= 4 is 35.3 Å². The smallest absolute Gasteiger partial charge is 0.337 e. The fourth-order valence-corrected chi connectivity index (χ4v) is 5.02. The van der Waals surface area contributed by atoms with E-state index < -0.39 is 11.4 Å². The number of carbonyl (C=O) groups is 3. The highest BCUT2D eigenvalue weighted by Gasteiger charge is 2.49. The molecule has 2 aromatic carbocycles. The summed E-state index contributed by atoms with van der Waals surface area (Å²) in [4.78, 5) is 41.7. The van der Waals surface area contributed by atoms with Gasteiger partial charge in [0, 0.05) is 60.5 Å². The fourth-order valence-electron chi connectivity index (χ4n) is 5.02. The zero-order valence-electron chi connectivity index (χ0n) is 20.5. The number of hydrogen-bond acceptors (Lipinski definition) is 7. The highest BCUT2D eigenvalue weighted by Crippen LogP contribution is 2.44. The normalized spacial score (nSPS) is 17.3. The van der Waals surface area contributed by atoms with Crippen LogP contribution in [0.15, 0.2) is 48.7 Å². The molecule has 9 heteroatoms. The number of piperidine rings is 1. The monoisotopic (exact) mass is 490 g/mol. The summed E-state index contributed by atoms with van der Waals surface area (Å²) in [6.07, 6.45) is 4.42. The van der Waals surface area contributed by atoms with E-state index in [1.165, 1.54) is 13.3 Å². The molecule has 9 nitrogen and oxygen atoms in total. The molecule has 2 aliphatic heterocycles. The second kappa shape index (κ2) is 10.2. The predicted molar refractivity (Wildman–Crippen MR) is 136 cm³/mol. The molecule has 0 atom stereocenters. The van der Waals surface area contributed by atoms with Crippen LogP contribution in [-0.4, -0.2) is 62.8 Å². The Kier molecular flexibility index (Phi) is 7.10. The average molecular weight is 491 g/mol. The Morgan fingerprint density at radius 2 is 1.64 bits per heavy atom. The van der Waals surface area contributed by atoms with Gasteiger partial charge >= 0.3 is 5.97 Å². The Hall–Kier alpha value is -4.14. The van der Waals surface area contributed by atoms with Crippen LogP contribution >= 0.6 is 0 Å². The average Bonchev–Trinajstić information content (AvgIpc) is 3.24. The maximum absolute atomic E-state index is 13.6. The molecule has 2 fully saturated rings. The summed E-state index contributed by atoms with van der Waals surface area (Å²) in [7, 11) is 2.86. The Morgan fingerprint density at radius 1 is 1.00 bits per heavy atom. The Morgan fingerprint density at radius 3 is 2.22 bits per heavy atom. The minimum atomic E-state index is -0.491. The number of rotatable bonds is 6. The van der Waals surface area contributed by atoms with Crippen molar-refractivity contribution in [1.82, 2.24) is 4.90 Å². The lowest BCUT2D eigenvalue weighted by Crippen LogP contribution is -2.46. The van der Waals surface area contributed by atoms with Gasteiger partial charge in [0.15, 0.2) is 0 Å². The lowest BCUT2D eigenvalue weighted by Gasteiger charge is -2.38. The number of ether oxygens (including phenoxy) is 2. The first kappa shape index (κ1) is 25.0. The maximum atomic E-state index is 13.6. The molecule has 2 heterocycles. The molecular formula is C27H30N4O5. The van der Waals surface area contributed by atoms with E-state index in [0.29, 0.717) is 60.5 Å². The summed E-state index contributed by atoms with van der Waals surface area (Å²) in [5.74, 6) is 0.0453. The molecule has 0 unspecified atom stereocenters. The van der Waals surface area contributed by atoms with Gasteiger partial charge in [-0.2, -0.15) is 0 Å². The van der Waals surface area contributed by atoms with Crippen LogP contribution in [0.5, 0.6) is 5.75 Å². The van der Waals surface area contributed by atoms with Gasteiger partial charge in [0.2, 0.25) is 5.91 Å². The lowest BCUT2D eigenvalue weighted by atomic mass is 9.77. The van der Waals surface area contributed by atoms with E-state index in [1.54, 1.807) is 47.2 Å². The number of benzene rings is 2. The number of nitrogens with one attached hydrogen (secondary N) is 1. The number of methoxy groups -OCH3 is 2. The first-order chi connectivity index (χ1) is 17.4. The van der Waals surface area contributed by atoms with Crippen molar-refractivity contribution in [2.24, 2.45) is 11.1 Å². The number of amides is 2. The molecule has 36 heavy (non-hydrogen) atoms. The van der Waals surface area contributed by atoms with Crippen molar-refractivity contribution in [2.75, 3.05) is 38.8 Å². The van der Waals surface area contributed by atoms with E-state index in [0.717, 1.165) is 18.3 Å². The summed E-state index contributed by atoms with van der Waals surface area (Å²) in [6, 6.07) is 11.9. The lowest BCUT2D eigenvalue weighted by molar-refractivity contribution is -0.127. The molecule has 188 valence electrons. The molecule has 2 saturated heterocycles. The Bertz CT molecular complexity index is 1210. The van der Waals surface area contributed by atoms with Crippen LogP contribution in [0, 0.1) is 10.8 Å². The minimum Gasteiger partial charge on any atom is -0.496 e. The van der Waals surface area contributed by atoms with Crippen molar-refractivity contribution < 1.29 is 23.9 Å². The van der Waals surface area contributed by atoms with Gasteiger partial charge in [0.05, 0.1) is 25.2 Å². The van der Waals surface area contributed by atoms with Gasteiger partial charge in [0.25, 0.3) is 5.91 Å². The second-order valence-corrected chi connectivity index (χ2v) is 9.00. The molecule has 4 rings (SSSR count). The van der Waals surface area contributed by atoms with Crippen molar-refractivity contribution in [2.45, 2.75) is 19.3 Å². The van der Waals surface area contributed by atoms with Crippen molar-refractivity contribution in [3.05, 3.63) is 65.4 Å². The molecule has 0 radical (unpaired) electrons. The highest BCUT2D eigenvalue weighted by atomic mass is 16.5. The number of allylic oxidation sites excluding steroid dienone is 1. The van der Waals surface area contributed by atoms with Gasteiger partial charge in [-0.3, -0.25) is 9.59 Å². The van der Waals surface area contributed by atoms with E-state index in [2.05, 4.69) is 0 Å². The van der Waals surface area contributed by atoms with Crippen LogP contribution in [0.4, 0.5) is 5.69 Å². The van der Waals surface area contributed by atoms with E-state index in [1.807, 2.05) is 12.1 Å². The molecule has 0 aromatic heterocycles. The number of esters is 1. The topological polar surface area (TPSA) is 126 Å². The second-order valence-electron chi connectivity index (χ2n) is 9.00. The predicted octanol–water partition coefficient (Wildman–Crippen LogP) is 3.09. The van der Waals surface area contributed by atoms with Gasteiger partial charge in [-0.1, -0.05) is 0 Å². The third-order valence-corrected chi connectivity index (χ3v) is 7.22. The van der Waals surface area contributed by atoms with Crippen LogP contribution in [0.3, 0.4) is 0 Å². The van der Waals surface area contributed by atoms with Crippen LogP contribution < -0.4 is 15.4 Å². The van der Waals surface area contributed by atoms with E-state index in [9.17, 15) is 14.4 Å². The summed E-state index contributed by atoms with van der Waals surface area (Å²) < 4.78 is 10.2. The molecule has 0 saturated carbocycles. The van der Waals surface area contributed by atoms with Crippen LogP contribution in [0.1, 0.15) is 45.5 Å². The number of likely N-dealkylation sites (tertiary alicyclic amines) is 1. The third kappa shape index (κ3) is 4.44. The van der Waals surface area contributed by atoms with Gasteiger partial charge in [-0.25, -0.2) is 4.79 Å². The quantitative estimate of drug-likeness (QED) is 0.473. The zero-order valence-corrected chi connectivity index (χ0v) is 20.5. The summed E-state index contributed by atoms with van der Waals surface area (Å²) in [5.41, 5.74) is 7.98. The van der Waals surface area contributed by atoms with Crippen molar-refractivity contribution in [3.8, 4) is 5.75 Å². The first-order valence-corrected chi connectivity index (χ1v) is 11.8. The molecule has 2 amide bonds. The van der Waals surface area contributed by atoms with E-state index >= 15 is 0 Å². The molecule has 2 aromatic rings. The SMILES string of the molecule is COC(=O)c1ccc(C(=O)N2CCC3(CC2)CCN(c2ccc(/C(C=N)=C/N)c(OC)c2)C3=O)cc1. The fraction of sp³-hybridized carbons (Fsp3) is 0.333. The van der Waals surface area contributed by atoms with Gasteiger partial charge in [0.1, 0.15) is 5.75 Å².